The Labute approximate surface area is 81.7 Å². The number of aromatic nitrogens is 3. The van der Waals surface area contributed by atoms with Crippen LogP contribution in [-0.2, 0) is 11.8 Å². The lowest BCUT2D eigenvalue weighted by atomic mass is 10.2. The molecular weight excluding hydrogens is 186 g/mol. The highest BCUT2D eigenvalue weighted by Gasteiger charge is 2.10. The first-order valence-electron chi connectivity index (χ1n) is 4.09. The van der Waals surface area contributed by atoms with E-state index in [1.165, 1.54) is 0 Å². The molecule has 0 saturated heterocycles. The molecular formula is C8H13N3OS. The molecule has 0 bridgehead atoms. The summed E-state index contributed by atoms with van der Waals surface area (Å²) in [6.07, 6.45) is 2.24. The largest absolute Gasteiger partial charge is 0.312 e. The average molecular weight is 199 g/mol. The van der Waals surface area contributed by atoms with Crippen molar-refractivity contribution in [3.8, 4) is 0 Å². The predicted octanol–water partition coefficient (Wildman–Crippen LogP) is 1.27. The fraction of sp³-hybridized carbons (Fsp3) is 0.625. The molecule has 1 unspecified atom stereocenters. The van der Waals surface area contributed by atoms with E-state index in [0.717, 1.165) is 5.16 Å². The number of aryl methyl sites for hydroxylation is 1. The Morgan fingerprint density at radius 1 is 1.77 bits per heavy atom. The summed E-state index contributed by atoms with van der Waals surface area (Å²) in [5.74, 6) is 0.210. The number of Topliss-reactive ketones (excluding diaryl/α,β-unsaturated/α-hetero) is 1. The molecule has 0 fully saturated rings. The average Bonchev–Trinajstić information content (AvgIpc) is 2.34. The molecule has 0 radical (unpaired) electrons. The maximum Gasteiger partial charge on any atom is 0.191 e. The van der Waals surface area contributed by atoms with Gasteiger partial charge < -0.3 is 4.57 Å². The standard InChI is InChI=1S/C8H13N3OS/c1-6(12)4-7(2)13-8-10-9-5-11(8)3/h5,7H,4H2,1-3H3. The Kier molecular flexibility index (Phi) is 3.48. The third-order valence-corrected chi connectivity index (χ3v) is 2.70. The molecule has 0 amide bonds. The summed E-state index contributed by atoms with van der Waals surface area (Å²) in [7, 11) is 1.89. The number of nitrogens with zero attached hydrogens (tertiary/aromatic N) is 3. The molecule has 1 heterocycles. The lowest BCUT2D eigenvalue weighted by Crippen LogP contribution is -2.04. The van der Waals surface area contributed by atoms with E-state index in [0.29, 0.717) is 6.42 Å². The second-order valence-electron chi connectivity index (χ2n) is 3.06. The highest BCUT2D eigenvalue weighted by Crippen LogP contribution is 2.22. The molecule has 0 aliphatic carbocycles. The lowest BCUT2D eigenvalue weighted by molar-refractivity contribution is -0.116. The summed E-state index contributed by atoms with van der Waals surface area (Å²) >= 11 is 1.57. The van der Waals surface area contributed by atoms with Crippen molar-refractivity contribution in [2.75, 3.05) is 0 Å². The molecule has 0 spiro atoms. The van der Waals surface area contributed by atoms with E-state index in [2.05, 4.69) is 10.2 Å². The van der Waals surface area contributed by atoms with Crippen LogP contribution in [0.3, 0.4) is 0 Å². The van der Waals surface area contributed by atoms with E-state index in [9.17, 15) is 4.79 Å². The Hall–Kier alpha value is -0.840. The number of hydrogen-bond donors (Lipinski definition) is 0. The Bertz CT molecular complexity index is 297. The number of hydrogen-bond acceptors (Lipinski definition) is 4. The van der Waals surface area contributed by atoms with Crippen molar-refractivity contribution in [3.63, 3.8) is 0 Å². The van der Waals surface area contributed by atoms with Crippen molar-refractivity contribution in [3.05, 3.63) is 6.33 Å². The zero-order valence-electron chi connectivity index (χ0n) is 8.02. The van der Waals surface area contributed by atoms with Crippen LogP contribution in [0.25, 0.3) is 0 Å². The topological polar surface area (TPSA) is 47.8 Å². The van der Waals surface area contributed by atoms with Gasteiger partial charge in [0.05, 0.1) is 0 Å². The second kappa shape index (κ2) is 4.41. The van der Waals surface area contributed by atoms with Gasteiger partial charge in [-0.15, -0.1) is 10.2 Å². The summed E-state index contributed by atoms with van der Waals surface area (Å²) in [5.41, 5.74) is 0. The maximum absolute atomic E-state index is 10.8. The molecule has 0 aliphatic heterocycles. The van der Waals surface area contributed by atoms with Gasteiger partial charge in [-0.3, -0.25) is 4.79 Å². The molecule has 72 valence electrons. The number of rotatable bonds is 4. The molecule has 1 aromatic heterocycles. The highest BCUT2D eigenvalue weighted by atomic mass is 32.2. The minimum Gasteiger partial charge on any atom is -0.312 e. The molecule has 0 N–H and O–H groups in total. The molecule has 0 aliphatic rings. The molecule has 1 atom stereocenters. The van der Waals surface area contributed by atoms with E-state index in [1.54, 1.807) is 25.0 Å². The van der Waals surface area contributed by atoms with Crippen LogP contribution in [-0.4, -0.2) is 25.8 Å². The number of carbonyl (C=O) groups is 1. The van der Waals surface area contributed by atoms with Crippen molar-refractivity contribution >= 4 is 17.5 Å². The Morgan fingerprint density at radius 3 is 2.92 bits per heavy atom. The highest BCUT2D eigenvalue weighted by molar-refractivity contribution is 7.99. The zero-order valence-corrected chi connectivity index (χ0v) is 8.84. The van der Waals surface area contributed by atoms with Crippen LogP contribution in [0.4, 0.5) is 0 Å². The fourth-order valence-electron chi connectivity index (χ4n) is 1.01. The van der Waals surface area contributed by atoms with Gasteiger partial charge in [0.15, 0.2) is 5.16 Å². The molecule has 1 rings (SSSR count). The van der Waals surface area contributed by atoms with Crippen molar-refractivity contribution in [1.82, 2.24) is 14.8 Å². The van der Waals surface area contributed by atoms with Gasteiger partial charge >= 0.3 is 0 Å². The molecule has 13 heavy (non-hydrogen) atoms. The lowest BCUT2D eigenvalue weighted by Gasteiger charge is -2.06. The summed E-state index contributed by atoms with van der Waals surface area (Å²) in [4.78, 5) is 10.8. The van der Waals surface area contributed by atoms with Crippen LogP contribution in [0.5, 0.6) is 0 Å². The van der Waals surface area contributed by atoms with Crippen LogP contribution in [0.15, 0.2) is 11.5 Å². The van der Waals surface area contributed by atoms with Crippen LogP contribution < -0.4 is 0 Å². The van der Waals surface area contributed by atoms with E-state index >= 15 is 0 Å². The van der Waals surface area contributed by atoms with Gasteiger partial charge in [0.1, 0.15) is 12.1 Å². The van der Waals surface area contributed by atoms with Gasteiger partial charge in [-0.2, -0.15) is 0 Å². The van der Waals surface area contributed by atoms with E-state index in [-0.39, 0.29) is 11.0 Å². The summed E-state index contributed by atoms with van der Waals surface area (Å²) < 4.78 is 1.85. The van der Waals surface area contributed by atoms with E-state index in [4.69, 9.17) is 0 Å². The number of thioether (sulfide) groups is 1. The van der Waals surface area contributed by atoms with Crippen LogP contribution in [0.1, 0.15) is 20.3 Å². The maximum atomic E-state index is 10.8. The van der Waals surface area contributed by atoms with Crippen molar-refractivity contribution in [2.24, 2.45) is 7.05 Å². The minimum atomic E-state index is 0.210. The van der Waals surface area contributed by atoms with Gasteiger partial charge in [-0.25, -0.2) is 0 Å². The normalized spacial score (nSPS) is 12.8. The minimum absolute atomic E-state index is 0.210. The quantitative estimate of drug-likeness (QED) is 0.685. The zero-order chi connectivity index (χ0) is 9.84. The molecule has 5 heteroatoms. The second-order valence-corrected chi connectivity index (χ2v) is 4.46. The van der Waals surface area contributed by atoms with Crippen molar-refractivity contribution in [1.29, 1.82) is 0 Å². The first kappa shape index (κ1) is 10.2. The fourth-order valence-corrected chi connectivity index (χ4v) is 1.99. The third kappa shape index (κ3) is 3.18. The number of ketones is 1. The monoisotopic (exact) mass is 199 g/mol. The predicted molar refractivity (Wildman–Crippen MR) is 51.6 cm³/mol. The Balaban J connectivity index is 2.49. The van der Waals surface area contributed by atoms with Gasteiger partial charge in [0.2, 0.25) is 0 Å². The van der Waals surface area contributed by atoms with Gasteiger partial charge in [-0.1, -0.05) is 18.7 Å². The Morgan fingerprint density at radius 2 is 2.46 bits per heavy atom. The van der Waals surface area contributed by atoms with Crippen LogP contribution in [0, 0.1) is 0 Å². The van der Waals surface area contributed by atoms with Crippen LogP contribution in [0.2, 0.25) is 0 Å². The third-order valence-electron chi connectivity index (χ3n) is 1.55. The molecule has 0 aromatic carbocycles. The van der Waals surface area contributed by atoms with E-state index in [1.807, 2.05) is 18.5 Å². The SMILES string of the molecule is CC(=O)CC(C)Sc1nncn1C. The summed E-state index contributed by atoms with van der Waals surface area (Å²) in [6, 6.07) is 0. The summed E-state index contributed by atoms with van der Waals surface area (Å²) in [5, 5.41) is 8.81. The van der Waals surface area contributed by atoms with Crippen molar-refractivity contribution < 1.29 is 4.79 Å². The smallest absolute Gasteiger partial charge is 0.191 e. The van der Waals surface area contributed by atoms with Gasteiger partial charge in [0.25, 0.3) is 0 Å². The van der Waals surface area contributed by atoms with E-state index < -0.39 is 0 Å². The van der Waals surface area contributed by atoms with Gasteiger partial charge in [-0.05, 0) is 6.92 Å². The van der Waals surface area contributed by atoms with Gasteiger partial charge in [0, 0.05) is 18.7 Å². The molecule has 4 nitrogen and oxygen atoms in total. The summed E-state index contributed by atoms with van der Waals surface area (Å²) in [6.45, 7) is 3.62. The van der Waals surface area contributed by atoms with Crippen molar-refractivity contribution in [2.45, 2.75) is 30.7 Å². The first-order valence-corrected chi connectivity index (χ1v) is 4.97. The van der Waals surface area contributed by atoms with Crippen LogP contribution >= 0.6 is 11.8 Å². The first-order chi connectivity index (χ1) is 6.09. The molecule has 0 saturated carbocycles. The number of carbonyl (C=O) groups excluding carboxylic acids is 1. The molecule has 1 aromatic rings.